The van der Waals surface area contributed by atoms with E-state index in [2.05, 4.69) is 44.8 Å². The predicted octanol–water partition coefficient (Wildman–Crippen LogP) is 2.81. The molecule has 0 N–H and O–H groups in total. The number of nitrogens with zero attached hydrogens (tertiary/aromatic N) is 4. The highest BCUT2D eigenvalue weighted by Gasteiger charge is 2.30. The Hall–Kier alpha value is -1.14. The summed E-state index contributed by atoms with van der Waals surface area (Å²) in [4.78, 5) is 6.69. The van der Waals surface area contributed by atoms with Gasteiger partial charge in [-0.2, -0.15) is 5.10 Å². The number of hydrogen-bond acceptors (Lipinski definition) is 4. The van der Waals surface area contributed by atoms with E-state index in [1.165, 1.54) is 0 Å². The summed E-state index contributed by atoms with van der Waals surface area (Å²) in [6.45, 7) is 7.15. The van der Waals surface area contributed by atoms with Gasteiger partial charge < -0.3 is 4.42 Å². The van der Waals surface area contributed by atoms with Crippen LogP contribution in [0.5, 0.6) is 0 Å². The van der Waals surface area contributed by atoms with E-state index in [-0.39, 0.29) is 0 Å². The number of halogens is 1. The van der Waals surface area contributed by atoms with Gasteiger partial charge in [0.15, 0.2) is 6.39 Å². The molecule has 0 saturated carbocycles. The second kappa shape index (κ2) is 5.09. The zero-order chi connectivity index (χ0) is 13.4. The Kier molecular flexibility index (Phi) is 3.45. The molecule has 0 aliphatic carbocycles. The second-order valence-corrected chi connectivity index (χ2v) is 6.22. The maximum Gasteiger partial charge on any atom is 0.181 e. The van der Waals surface area contributed by atoms with Gasteiger partial charge in [-0.15, -0.1) is 0 Å². The van der Waals surface area contributed by atoms with Crippen molar-refractivity contribution in [3.8, 4) is 0 Å². The van der Waals surface area contributed by atoms with Crippen molar-refractivity contribution < 1.29 is 4.42 Å². The molecule has 3 rings (SSSR count). The molecule has 3 heterocycles. The van der Waals surface area contributed by atoms with Crippen molar-refractivity contribution in [2.75, 3.05) is 13.1 Å². The molecule has 1 fully saturated rings. The largest absolute Gasteiger partial charge is 0.448 e. The average molecular weight is 325 g/mol. The SMILES string of the molecule is CC(C)c1ocnc1CN1CC(n2cc(Br)cn2)C1. The van der Waals surface area contributed by atoms with Crippen LogP contribution in [0.4, 0.5) is 0 Å². The van der Waals surface area contributed by atoms with Crippen LogP contribution in [0.2, 0.25) is 0 Å². The standard InChI is InChI=1S/C13H17BrN4O/c1-9(2)13-12(15-8-19-13)7-17-5-11(6-17)18-4-10(14)3-16-18/h3-4,8-9,11H,5-7H2,1-2H3. The Labute approximate surface area is 120 Å². The summed E-state index contributed by atoms with van der Waals surface area (Å²) in [6.07, 6.45) is 5.40. The number of rotatable bonds is 4. The third kappa shape index (κ3) is 2.60. The summed E-state index contributed by atoms with van der Waals surface area (Å²) in [6, 6.07) is 0.473. The summed E-state index contributed by atoms with van der Waals surface area (Å²) in [7, 11) is 0. The van der Waals surface area contributed by atoms with Gasteiger partial charge in [0.05, 0.1) is 22.4 Å². The van der Waals surface area contributed by atoms with Crippen LogP contribution in [0.25, 0.3) is 0 Å². The number of oxazole rings is 1. The topological polar surface area (TPSA) is 47.1 Å². The maximum atomic E-state index is 5.45. The highest BCUT2D eigenvalue weighted by atomic mass is 79.9. The van der Waals surface area contributed by atoms with Crippen LogP contribution in [-0.4, -0.2) is 32.8 Å². The van der Waals surface area contributed by atoms with Gasteiger partial charge in [0, 0.05) is 31.7 Å². The lowest BCUT2D eigenvalue weighted by atomic mass is 10.1. The Morgan fingerprint density at radius 1 is 1.47 bits per heavy atom. The Balaban J connectivity index is 1.58. The molecule has 5 nitrogen and oxygen atoms in total. The van der Waals surface area contributed by atoms with Crippen LogP contribution in [0.15, 0.2) is 27.7 Å². The molecule has 2 aromatic rings. The molecule has 6 heteroatoms. The van der Waals surface area contributed by atoms with E-state index < -0.39 is 0 Å². The number of likely N-dealkylation sites (tertiary alicyclic amines) is 1. The van der Waals surface area contributed by atoms with Crippen LogP contribution in [0, 0.1) is 0 Å². The van der Waals surface area contributed by atoms with Crippen molar-refractivity contribution in [1.29, 1.82) is 0 Å². The van der Waals surface area contributed by atoms with Gasteiger partial charge >= 0.3 is 0 Å². The van der Waals surface area contributed by atoms with Crippen LogP contribution < -0.4 is 0 Å². The first-order valence-electron chi connectivity index (χ1n) is 6.47. The Bertz CT molecular complexity index is 556. The molecule has 0 atom stereocenters. The molecule has 1 saturated heterocycles. The van der Waals surface area contributed by atoms with Gasteiger partial charge in [-0.05, 0) is 15.9 Å². The first-order valence-corrected chi connectivity index (χ1v) is 7.27. The van der Waals surface area contributed by atoms with Crippen LogP contribution >= 0.6 is 15.9 Å². The van der Waals surface area contributed by atoms with Crippen molar-refractivity contribution >= 4 is 15.9 Å². The van der Waals surface area contributed by atoms with Gasteiger partial charge in [0.2, 0.25) is 0 Å². The monoisotopic (exact) mass is 324 g/mol. The lowest BCUT2D eigenvalue weighted by Crippen LogP contribution is -2.47. The van der Waals surface area contributed by atoms with E-state index in [9.17, 15) is 0 Å². The summed E-state index contributed by atoms with van der Waals surface area (Å²) in [5.41, 5.74) is 1.06. The van der Waals surface area contributed by atoms with E-state index in [0.29, 0.717) is 12.0 Å². The molecule has 0 spiro atoms. The molecule has 0 radical (unpaired) electrons. The predicted molar refractivity (Wildman–Crippen MR) is 74.8 cm³/mol. The van der Waals surface area contributed by atoms with E-state index >= 15 is 0 Å². The molecule has 1 aliphatic heterocycles. The molecular formula is C13H17BrN4O. The third-order valence-corrected chi connectivity index (χ3v) is 3.86. The first-order chi connectivity index (χ1) is 9.13. The van der Waals surface area contributed by atoms with E-state index in [1.54, 1.807) is 6.39 Å². The van der Waals surface area contributed by atoms with Crippen molar-refractivity contribution in [3.63, 3.8) is 0 Å². The molecule has 0 bridgehead atoms. The third-order valence-electron chi connectivity index (χ3n) is 3.45. The molecule has 1 aliphatic rings. The Morgan fingerprint density at radius 2 is 2.26 bits per heavy atom. The number of hydrogen-bond donors (Lipinski definition) is 0. The van der Waals surface area contributed by atoms with E-state index in [4.69, 9.17) is 4.42 Å². The van der Waals surface area contributed by atoms with Gasteiger partial charge in [-0.25, -0.2) is 4.98 Å². The fraction of sp³-hybridized carbons (Fsp3) is 0.538. The number of aromatic nitrogens is 3. The molecule has 0 unspecified atom stereocenters. The molecule has 102 valence electrons. The van der Waals surface area contributed by atoms with Crippen molar-refractivity contribution in [2.24, 2.45) is 0 Å². The quantitative estimate of drug-likeness (QED) is 0.867. The zero-order valence-electron chi connectivity index (χ0n) is 11.1. The fourth-order valence-electron chi connectivity index (χ4n) is 2.43. The fourth-order valence-corrected chi connectivity index (χ4v) is 2.73. The highest BCUT2D eigenvalue weighted by molar-refractivity contribution is 9.10. The minimum Gasteiger partial charge on any atom is -0.448 e. The van der Waals surface area contributed by atoms with Gasteiger partial charge in [-0.3, -0.25) is 9.58 Å². The maximum absolute atomic E-state index is 5.45. The van der Waals surface area contributed by atoms with Crippen LogP contribution in [0.3, 0.4) is 0 Å². The summed E-state index contributed by atoms with van der Waals surface area (Å²) in [5.74, 6) is 1.39. The molecule has 0 amide bonds. The van der Waals surface area contributed by atoms with Crippen LogP contribution in [0.1, 0.15) is 37.3 Å². The second-order valence-electron chi connectivity index (χ2n) is 5.30. The van der Waals surface area contributed by atoms with Gasteiger partial charge in [0.25, 0.3) is 0 Å². The summed E-state index contributed by atoms with van der Waals surface area (Å²) >= 11 is 3.42. The molecule has 2 aromatic heterocycles. The molecule has 0 aromatic carbocycles. The molecular weight excluding hydrogens is 308 g/mol. The summed E-state index contributed by atoms with van der Waals surface area (Å²) in [5, 5.41) is 4.32. The minimum atomic E-state index is 0.386. The normalized spacial score (nSPS) is 17.1. The summed E-state index contributed by atoms with van der Waals surface area (Å²) < 4.78 is 8.50. The van der Waals surface area contributed by atoms with Crippen LogP contribution in [-0.2, 0) is 6.54 Å². The lowest BCUT2D eigenvalue weighted by molar-refractivity contribution is 0.0889. The average Bonchev–Trinajstić information content (AvgIpc) is 2.91. The lowest BCUT2D eigenvalue weighted by Gasteiger charge is -2.38. The highest BCUT2D eigenvalue weighted by Crippen LogP contribution is 2.26. The van der Waals surface area contributed by atoms with E-state index in [1.807, 2.05) is 17.1 Å². The van der Waals surface area contributed by atoms with E-state index in [0.717, 1.165) is 35.6 Å². The Morgan fingerprint density at radius 3 is 2.89 bits per heavy atom. The minimum absolute atomic E-state index is 0.386. The van der Waals surface area contributed by atoms with Crippen molar-refractivity contribution in [1.82, 2.24) is 19.7 Å². The van der Waals surface area contributed by atoms with Gasteiger partial charge in [-0.1, -0.05) is 13.8 Å². The first kappa shape index (κ1) is 12.9. The zero-order valence-corrected chi connectivity index (χ0v) is 12.7. The molecule has 19 heavy (non-hydrogen) atoms. The smallest absolute Gasteiger partial charge is 0.181 e. The van der Waals surface area contributed by atoms with Crippen molar-refractivity contribution in [3.05, 3.63) is 34.7 Å². The van der Waals surface area contributed by atoms with Crippen molar-refractivity contribution in [2.45, 2.75) is 32.4 Å². The van der Waals surface area contributed by atoms with Gasteiger partial charge in [0.1, 0.15) is 5.76 Å².